The van der Waals surface area contributed by atoms with Gasteiger partial charge in [-0.05, 0) is 30.0 Å². The Morgan fingerprint density at radius 3 is 2.76 bits per heavy atom. The zero-order valence-corrected chi connectivity index (χ0v) is 12.4. The summed E-state index contributed by atoms with van der Waals surface area (Å²) in [7, 11) is 0. The maximum atomic E-state index is 14.2. The van der Waals surface area contributed by atoms with Crippen molar-refractivity contribution < 1.29 is 9.18 Å². The van der Waals surface area contributed by atoms with Crippen molar-refractivity contribution in [3.8, 4) is 0 Å². The molecule has 1 heterocycles. The average Bonchev–Trinajstić information content (AvgIpc) is 3.23. The molecule has 2 N–H and O–H groups in total. The fraction of sp³-hybridized carbons (Fsp3) is 0.562. The number of carbonyl (C=O) groups excluding carboxylic acids is 1. The van der Waals surface area contributed by atoms with Crippen LogP contribution in [0.15, 0.2) is 18.2 Å². The molecule has 1 aromatic rings. The Hall–Kier alpha value is -1.62. The van der Waals surface area contributed by atoms with Crippen LogP contribution in [0.1, 0.15) is 18.9 Å². The van der Waals surface area contributed by atoms with Gasteiger partial charge < -0.3 is 15.5 Å². The molecule has 1 aliphatic carbocycles. The second kappa shape index (κ2) is 6.02. The number of amides is 1. The van der Waals surface area contributed by atoms with E-state index in [0.29, 0.717) is 18.2 Å². The minimum absolute atomic E-state index is 0.0917. The molecule has 1 saturated heterocycles. The van der Waals surface area contributed by atoms with E-state index in [1.807, 2.05) is 12.1 Å². The largest absolute Gasteiger partial charge is 0.367 e. The Bertz CT molecular complexity index is 528. The third kappa shape index (κ3) is 3.35. The fourth-order valence-corrected chi connectivity index (χ4v) is 2.83. The molecule has 114 valence electrons. The molecule has 5 heteroatoms. The fourth-order valence-electron chi connectivity index (χ4n) is 2.83. The Labute approximate surface area is 124 Å². The average molecular weight is 291 g/mol. The topological polar surface area (TPSA) is 44.4 Å². The summed E-state index contributed by atoms with van der Waals surface area (Å²) in [6.45, 7) is 5.90. The maximum absolute atomic E-state index is 14.2. The van der Waals surface area contributed by atoms with Gasteiger partial charge in [-0.1, -0.05) is 13.0 Å². The number of benzene rings is 1. The Morgan fingerprint density at radius 2 is 2.14 bits per heavy atom. The molecule has 2 atom stereocenters. The highest BCUT2D eigenvalue weighted by Gasteiger charge is 2.38. The number of nitrogens with zero attached hydrogens (tertiary/aromatic N) is 1. The minimum Gasteiger partial charge on any atom is -0.367 e. The zero-order chi connectivity index (χ0) is 14.8. The van der Waals surface area contributed by atoms with Gasteiger partial charge in [0.2, 0.25) is 5.91 Å². The van der Waals surface area contributed by atoms with Crippen LogP contribution in [0, 0.1) is 17.7 Å². The van der Waals surface area contributed by atoms with Crippen LogP contribution < -0.4 is 15.5 Å². The van der Waals surface area contributed by atoms with E-state index in [4.69, 9.17) is 0 Å². The molecule has 1 amide bonds. The van der Waals surface area contributed by atoms with E-state index in [1.54, 1.807) is 0 Å². The number of hydrogen-bond acceptors (Lipinski definition) is 3. The molecule has 3 rings (SSSR count). The van der Waals surface area contributed by atoms with Crippen molar-refractivity contribution in [2.45, 2.75) is 19.9 Å². The first-order chi connectivity index (χ1) is 10.1. The summed E-state index contributed by atoms with van der Waals surface area (Å²) in [5.41, 5.74) is 1.47. The van der Waals surface area contributed by atoms with Crippen LogP contribution in [0.25, 0.3) is 0 Å². The van der Waals surface area contributed by atoms with Crippen LogP contribution >= 0.6 is 0 Å². The summed E-state index contributed by atoms with van der Waals surface area (Å²) < 4.78 is 14.2. The number of rotatable bonds is 4. The molecular weight excluding hydrogens is 269 g/mol. The second-order valence-corrected chi connectivity index (χ2v) is 6.06. The van der Waals surface area contributed by atoms with E-state index in [0.717, 1.165) is 38.2 Å². The van der Waals surface area contributed by atoms with Gasteiger partial charge in [-0.15, -0.1) is 0 Å². The SMILES string of the molecule is C[C@@H]1C[C@H]1C(=O)NCc1ccc(N2CCNCC2)c(F)c1. The molecule has 0 spiro atoms. The molecule has 0 unspecified atom stereocenters. The van der Waals surface area contributed by atoms with Crippen molar-refractivity contribution in [2.75, 3.05) is 31.1 Å². The molecule has 1 aliphatic heterocycles. The summed E-state index contributed by atoms with van der Waals surface area (Å²) >= 11 is 0. The van der Waals surface area contributed by atoms with Crippen LogP contribution in [-0.2, 0) is 11.3 Å². The predicted molar refractivity (Wildman–Crippen MR) is 80.6 cm³/mol. The van der Waals surface area contributed by atoms with Crippen molar-refractivity contribution in [2.24, 2.45) is 11.8 Å². The standard InChI is InChI=1S/C16H22FN3O/c1-11-8-13(11)16(21)19-10-12-2-3-15(14(17)9-12)20-6-4-18-5-7-20/h2-3,9,11,13,18H,4-8,10H2,1H3,(H,19,21)/t11-,13-/m1/s1. The van der Waals surface area contributed by atoms with E-state index in [1.165, 1.54) is 6.07 Å². The molecular formula is C16H22FN3O. The molecule has 2 aliphatic rings. The summed E-state index contributed by atoms with van der Waals surface area (Å²) in [4.78, 5) is 13.8. The van der Waals surface area contributed by atoms with Gasteiger partial charge in [-0.25, -0.2) is 4.39 Å². The highest BCUT2D eigenvalue weighted by Crippen LogP contribution is 2.37. The van der Waals surface area contributed by atoms with Crippen molar-refractivity contribution in [1.82, 2.24) is 10.6 Å². The van der Waals surface area contributed by atoms with E-state index >= 15 is 0 Å². The molecule has 0 aromatic heterocycles. The minimum atomic E-state index is -0.205. The zero-order valence-electron chi connectivity index (χ0n) is 12.4. The van der Waals surface area contributed by atoms with Gasteiger partial charge in [0.25, 0.3) is 0 Å². The smallest absolute Gasteiger partial charge is 0.223 e. The molecule has 21 heavy (non-hydrogen) atoms. The van der Waals surface area contributed by atoms with Crippen LogP contribution in [0.5, 0.6) is 0 Å². The first-order valence-corrected chi connectivity index (χ1v) is 7.67. The quantitative estimate of drug-likeness (QED) is 0.884. The van der Waals surface area contributed by atoms with Crippen molar-refractivity contribution >= 4 is 11.6 Å². The van der Waals surface area contributed by atoms with Crippen LogP contribution in [-0.4, -0.2) is 32.1 Å². The lowest BCUT2D eigenvalue weighted by atomic mass is 10.1. The number of carbonyl (C=O) groups is 1. The number of piperazine rings is 1. The van der Waals surface area contributed by atoms with Gasteiger partial charge in [0.05, 0.1) is 5.69 Å². The first kappa shape index (κ1) is 14.3. The van der Waals surface area contributed by atoms with Gasteiger partial charge in [-0.3, -0.25) is 4.79 Å². The van der Waals surface area contributed by atoms with E-state index in [2.05, 4.69) is 22.5 Å². The van der Waals surface area contributed by atoms with E-state index in [-0.39, 0.29) is 17.6 Å². The predicted octanol–water partition coefficient (Wildman–Crippen LogP) is 1.51. The van der Waals surface area contributed by atoms with Crippen LogP contribution in [0.2, 0.25) is 0 Å². The van der Waals surface area contributed by atoms with Gasteiger partial charge in [-0.2, -0.15) is 0 Å². The molecule has 0 bridgehead atoms. The normalized spacial score (nSPS) is 24.8. The van der Waals surface area contributed by atoms with Gasteiger partial charge in [0.1, 0.15) is 5.82 Å². The lowest BCUT2D eigenvalue weighted by Gasteiger charge is -2.29. The number of hydrogen-bond donors (Lipinski definition) is 2. The summed E-state index contributed by atoms with van der Waals surface area (Å²) in [5.74, 6) is 0.546. The lowest BCUT2D eigenvalue weighted by Crippen LogP contribution is -2.43. The summed E-state index contributed by atoms with van der Waals surface area (Å²) in [6.07, 6.45) is 0.974. The Kier molecular flexibility index (Phi) is 4.10. The van der Waals surface area contributed by atoms with Crippen LogP contribution in [0.3, 0.4) is 0 Å². The van der Waals surface area contributed by atoms with Gasteiger partial charge >= 0.3 is 0 Å². The molecule has 0 radical (unpaired) electrons. The van der Waals surface area contributed by atoms with Crippen molar-refractivity contribution in [3.63, 3.8) is 0 Å². The number of nitrogens with one attached hydrogen (secondary N) is 2. The Morgan fingerprint density at radius 1 is 1.43 bits per heavy atom. The maximum Gasteiger partial charge on any atom is 0.223 e. The molecule has 2 fully saturated rings. The van der Waals surface area contributed by atoms with Gasteiger partial charge in [0, 0.05) is 38.6 Å². The highest BCUT2D eigenvalue weighted by atomic mass is 19.1. The third-order valence-electron chi connectivity index (χ3n) is 4.38. The van der Waals surface area contributed by atoms with Gasteiger partial charge in [0.15, 0.2) is 0 Å². The molecule has 4 nitrogen and oxygen atoms in total. The summed E-state index contributed by atoms with van der Waals surface area (Å²) in [5, 5.41) is 6.14. The number of anilines is 1. The van der Waals surface area contributed by atoms with Crippen molar-refractivity contribution in [1.29, 1.82) is 0 Å². The lowest BCUT2D eigenvalue weighted by molar-refractivity contribution is -0.122. The molecule has 1 saturated carbocycles. The Balaban J connectivity index is 1.59. The van der Waals surface area contributed by atoms with Crippen LogP contribution in [0.4, 0.5) is 10.1 Å². The monoisotopic (exact) mass is 291 g/mol. The van der Waals surface area contributed by atoms with Crippen molar-refractivity contribution in [3.05, 3.63) is 29.6 Å². The summed E-state index contributed by atoms with van der Waals surface area (Å²) in [6, 6.07) is 5.26. The second-order valence-electron chi connectivity index (χ2n) is 6.06. The number of halogens is 1. The third-order valence-corrected chi connectivity index (χ3v) is 4.38. The van der Waals surface area contributed by atoms with E-state index < -0.39 is 0 Å². The first-order valence-electron chi connectivity index (χ1n) is 7.67. The highest BCUT2D eigenvalue weighted by molar-refractivity contribution is 5.81. The van der Waals surface area contributed by atoms with E-state index in [9.17, 15) is 9.18 Å². The molecule has 1 aromatic carbocycles.